The van der Waals surface area contributed by atoms with Crippen LogP contribution in [0.25, 0.3) is 0 Å². The average molecular weight is 557 g/mol. The summed E-state index contributed by atoms with van der Waals surface area (Å²) < 4.78 is -1.31. The highest BCUT2D eigenvalue weighted by atomic mass is 35.5. The van der Waals surface area contributed by atoms with Crippen molar-refractivity contribution in [2.45, 2.75) is 23.6 Å². The van der Waals surface area contributed by atoms with Gasteiger partial charge < -0.3 is 11.1 Å². The summed E-state index contributed by atoms with van der Waals surface area (Å²) in [7, 11) is 0. The second-order valence-electron chi connectivity index (χ2n) is 8.31. The normalized spacial score (nSPS) is 18.4. The maximum Gasteiger partial charge on any atom is 0.231 e. The number of carbonyl (C=O) groups is 2. The molecular formula is C25H19Cl5N2O2. The topological polar surface area (TPSA) is 72.2 Å². The number of nitrogens with two attached hydrogens (primary N) is 1. The van der Waals surface area contributed by atoms with Crippen molar-refractivity contribution in [3.63, 3.8) is 0 Å². The molecule has 3 aromatic carbocycles. The Morgan fingerprint density at radius 3 is 2.29 bits per heavy atom. The minimum atomic E-state index is -1.31. The third-order valence-corrected chi connectivity index (χ3v) is 7.53. The Kier molecular flexibility index (Phi) is 7.10. The molecule has 0 saturated heterocycles. The lowest BCUT2D eigenvalue weighted by molar-refractivity contribution is -0.117. The van der Waals surface area contributed by atoms with Gasteiger partial charge in [-0.2, -0.15) is 0 Å². The predicted octanol–water partition coefficient (Wildman–Crippen LogP) is 7.49. The number of aryl methyl sites for hydroxylation is 1. The molecule has 0 heterocycles. The van der Waals surface area contributed by atoms with Gasteiger partial charge in [0.15, 0.2) is 5.78 Å². The number of Topliss-reactive ketones (excluding diaryl/α,β-unsaturated/α-hetero) is 1. The van der Waals surface area contributed by atoms with Crippen LogP contribution in [-0.4, -0.2) is 16.0 Å². The van der Waals surface area contributed by atoms with E-state index in [-0.39, 0.29) is 22.8 Å². The van der Waals surface area contributed by atoms with E-state index in [9.17, 15) is 9.59 Å². The van der Waals surface area contributed by atoms with Crippen molar-refractivity contribution < 1.29 is 9.59 Å². The fraction of sp³-hybridized carbons (Fsp3) is 0.200. The van der Waals surface area contributed by atoms with Crippen molar-refractivity contribution in [3.05, 3.63) is 91.9 Å². The summed E-state index contributed by atoms with van der Waals surface area (Å²) >= 11 is 31.3. The van der Waals surface area contributed by atoms with E-state index in [1.807, 2.05) is 19.1 Å². The highest BCUT2D eigenvalue weighted by Gasteiger charge is 2.67. The third kappa shape index (κ3) is 5.17. The number of carbonyl (C=O) groups excluding carboxylic acids is 2. The Balaban J connectivity index is 1.51. The van der Waals surface area contributed by atoms with Gasteiger partial charge in [0.05, 0.1) is 10.9 Å². The van der Waals surface area contributed by atoms with Crippen LogP contribution in [-0.2, 0) is 11.2 Å². The van der Waals surface area contributed by atoms with Gasteiger partial charge in [-0.3, -0.25) is 9.59 Å². The van der Waals surface area contributed by atoms with Crippen molar-refractivity contribution in [2.75, 3.05) is 11.1 Å². The van der Waals surface area contributed by atoms with Gasteiger partial charge in [-0.05, 0) is 66.1 Å². The number of ketones is 1. The Hall–Kier alpha value is -1.95. The number of hydrogen-bond donors (Lipinski definition) is 2. The van der Waals surface area contributed by atoms with E-state index in [0.29, 0.717) is 27.0 Å². The van der Waals surface area contributed by atoms with Gasteiger partial charge in [-0.15, -0.1) is 23.2 Å². The SMILES string of the molecule is Cc1ccc(CC(=O)c2cc(NC(=O)C3C(c4cc(Cl)cc(Cl)c4)C3(Cl)Cl)ccc2Cl)cc1N. The zero-order chi connectivity index (χ0) is 24.8. The number of nitrogens with one attached hydrogen (secondary N) is 1. The van der Waals surface area contributed by atoms with Crippen LogP contribution in [0.2, 0.25) is 15.1 Å². The van der Waals surface area contributed by atoms with Gasteiger partial charge in [0.25, 0.3) is 0 Å². The zero-order valence-electron chi connectivity index (χ0n) is 17.8. The van der Waals surface area contributed by atoms with Crippen molar-refractivity contribution in [2.24, 2.45) is 5.92 Å². The Morgan fingerprint density at radius 1 is 0.971 bits per heavy atom. The zero-order valence-corrected chi connectivity index (χ0v) is 21.6. The third-order valence-electron chi connectivity index (χ3n) is 5.82. The van der Waals surface area contributed by atoms with Gasteiger partial charge in [0, 0.05) is 39.3 Å². The molecule has 1 aliphatic carbocycles. The minimum absolute atomic E-state index is 0.119. The fourth-order valence-corrected chi connectivity index (χ4v) is 5.53. The maximum atomic E-state index is 13.0. The van der Waals surface area contributed by atoms with Crippen molar-refractivity contribution in [3.8, 4) is 0 Å². The number of rotatable bonds is 6. The molecule has 0 radical (unpaired) electrons. The van der Waals surface area contributed by atoms with Crippen LogP contribution in [0.1, 0.15) is 33.0 Å². The molecule has 3 N–H and O–H groups in total. The van der Waals surface area contributed by atoms with Gasteiger partial charge >= 0.3 is 0 Å². The predicted molar refractivity (Wildman–Crippen MR) is 141 cm³/mol. The molecule has 2 atom stereocenters. The molecule has 1 fully saturated rings. The maximum absolute atomic E-state index is 13.0. The minimum Gasteiger partial charge on any atom is -0.399 e. The number of nitrogen functional groups attached to an aromatic ring is 1. The summed E-state index contributed by atoms with van der Waals surface area (Å²) in [4.78, 5) is 25.9. The van der Waals surface area contributed by atoms with Crippen LogP contribution in [0.15, 0.2) is 54.6 Å². The first kappa shape index (κ1) is 25.2. The molecule has 1 saturated carbocycles. The molecule has 1 amide bonds. The van der Waals surface area contributed by atoms with Crippen LogP contribution >= 0.6 is 58.0 Å². The average Bonchev–Trinajstić information content (AvgIpc) is 3.33. The first-order valence-corrected chi connectivity index (χ1v) is 12.2. The molecular weight excluding hydrogens is 538 g/mol. The lowest BCUT2D eigenvalue weighted by Gasteiger charge is -2.10. The summed E-state index contributed by atoms with van der Waals surface area (Å²) in [5.74, 6) is -1.80. The highest BCUT2D eigenvalue weighted by molar-refractivity contribution is 6.53. The van der Waals surface area contributed by atoms with Gasteiger partial charge in [0.1, 0.15) is 4.33 Å². The number of halogens is 5. The van der Waals surface area contributed by atoms with Crippen molar-refractivity contribution in [1.82, 2.24) is 0 Å². The molecule has 3 aromatic rings. The fourth-order valence-electron chi connectivity index (χ4n) is 3.94. The number of amides is 1. The molecule has 0 bridgehead atoms. The van der Waals surface area contributed by atoms with Crippen molar-refractivity contribution >= 4 is 81.1 Å². The van der Waals surface area contributed by atoms with Crippen LogP contribution < -0.4 is 11.1 Å². The van der Waals surface area contributed by atoms with E-state index >= 15 is 0 Å². The summed E-state index contributed by atoms with van der Waals surface area (Å²) in [6.45, 7) is 1.89. The lowest BCUT2D eigenvalue weighted by atomic mass is 10.0. The number of alkyl halides is 2. The van der Waals surface area contributed by atoms with E-state index in [1.54, 1.807) is 36.4 Å². The molecule has 0 aliphatic heterocycles. The summed E-state index contributed by atoms with van der Waals surface area (Å²) in [6, 6.07) is 15.1. The second-order valence-corrected chi connectivity index (χ2v) is 11.0. The molecule has 4 nitrogen and oxygen atoms in total. The van der Waals surface area contributed by atoms with E-state index in [1.165, 1.54) is 6.07 Å². The number of hydrogen-bond acceptors (Lipinski definition) is 3. The quantitative estimate of drug-likeness (QED) is 0.188. The molecule has 9 heteroatoms. The van der Waals surface area contributed by atoms with Crippen LogP contribution in [0.3, 0.4) is 0 Å². The van der Waals surface area contributed by atoms with Gasteiger partial charge in [-0.1, -0.05) is 46.9 Å². The molecule has 34 heavy (non-hydrogen) atoms. The van der Waals surface area contributed by atoms with Crippen LogP contribution in [0.5, 0.6) is 0 Å². The Bertz CT molecular complexity index is 1290. The lowest BCUT2D eigenvalue weighted by Crippen LogP contribution is -2.17. The summed E-state index contributed by atoms with van der Waals surface area (Å²) in [5, 5.41) is 3.92. The van der Waals surface area contributed by atoms with Gasteiger partial charge in [-0.25, -0.2) is 0 Å². The molecule has 2 unspecified atom stereocenters. The first-order chi connectivity index (χ1) is 16.0. The van der Waals surface area contributed by atoms with E-state index in [4.69, 9.17) is 63.7 Å². The monoisotopic (exact) mass is 554 g/mol. The Morgan fingerprint density at radius 2 is 1.65 bits per heavy atom. The molecule has 0 aromatic heterocycles. The van der Waals surface area contributed by atoms with Gasteiger partial charge in [0.2, 0.25) is 5.91 Å². The highest BCUT2D eigenvalue weighted by Crippen LogP contribution is 2.65. The largest absolute Gasteiger partial charge is 0.399 e. The molecule has 1 aliphatic rings. The Labute approximate surface area is 222 Å². The standard InChI is InChI=1S/C25H19Cl5N2O2/c1-12-2-3-13(6-20(12)31)7-21(33)18-11-17(4-5-19(18)28)32-24(34)23-22(25(23,29)30)14-8-15(26)10-16(27)9-14/h2-6,8-11,22-23H,7,31H2,1H3,(H,32,34). The van der Waals surface area contributed by atoms with Crippen molar-refractivity contribution in [1.29, 1.82) is 0 Å². The molecule has 0 spiro atoms. The molecule has 176 valence electrons. The first-order valence-electron chi connectivity index (χ1n) is 10.3. The second kappa shape index (κ2) is 9.60. The summed E-state index contributed by atoms with van der Waals surface area (Å²) in [6.07, 6.45) is 0.119. The van der Waals surface area contributed by atoms with E-state index < -0.39 is 22.1 Å². The number of benzene rings is 3. The smallest absolute Gasteiger partial charge is 0.231 e. The van der Waals surface area contributed by atoms with E-state index in [2.05, 4.69) is 5.32 Å². The molecule has 4 rings (SSSR count). The summed E-state index contributed by atoms with van der Waals surface area (Å²) in [5.41, 5.74) is 9.64. The van der Waals surface area contributed by atoms with Crippen LogP contribution in [0.4, 0.5) is 11.4 Å². The van der Waals surface area contributed by atoms with Crippen LogP contribution in [0, 0.1) is 12.8 Å². The number of anilines is 2. The van der Waals surface area contributed by atoms with E-state index in [0.717, 1.165) is 11.1 Å².